The Hall–Kier alpha value is -2.89. The summed E-state index contributed by atoms with van der Waals surface area (Å²) in [6.07, 6.45) is 3.82. The third-order valence-electron chi connectivity index (χ3n) is 3.26. The second-order valence-corrected chi connectivity index (χ2v) is 4.86. The molecule has 0 spiro atoms. The van der Waals surface area contributed by atoms with Gasteiger partial charge < -0.3 is 14.2 Å². The van der Waals surface area contributed by atoms with Crippen LogP contribution in [0.4, 0.5) is 0 Å². The highest BCUT2D eigenvalue weighted by molar-refractivity contribution is 6.25. The van der Waals surface area contributed by atoms with Crippen LogP contribution >= 0.6 is 0 Å². The number of rotatable bonds is 5. The number of allylic oxidation sites excluding steroid dienone is 3. The first kappa shape index (κ1) is 16.5. The highest BCUT2D eigenvalue weighted by Gasteiger charge is 2.36. The van der Waals surface area contributed by atoms with E-state index in [1.165, 1.54) is 33.3 Å². The number of cyclic esters (lactones) is 1. The van der Waals surface area contributed by atoms with Crippen molar-refractivity contribution in [2.75, 3.05) is 14.2 Å². The molecule has 0 saturated heterocycles. The standard InChI is InChI=1S/C17H16O6/c1-10-8-13(19)16(17(20)23-10)12(18)6-4-11-5-7-14(21-2)15(9-11)22-3/h4-9,16H,1-3H3. The summed E-state index contributed by atoms with van der Waals surface area (Å²) in [5, 5.41) is 0. The van der Waals surface area contributed by atoms with Crippen molar-refractivity contribution in [2.45, 2.75) is 6.92 Å². The molecule has 6 heteroatoms. The maximum absolute atomic E-state index is 12.1. The molecule has 0 saturated carbocycles. The van der Waals surface area contributed by atoms with Crippen molar-refractivity contribution < 1.29 is 28.6 Å². The number of methoxy groups -OCH3 is 2. The highest BCUT2D eigenvalue weighted by atomic mass is 16.5. The molecule has 23 heavy (non-hydrogen) atoms. The molecule has 1 aromatic carbocycles. The van der Waals surface area contributed by atoms with Gasteiger partial charge in [0.05, 0.1) is 14.2 Å². The maximum atomic E-state index is 12.1. The van der Waals surface area contributed by atoms with E-state index in [1.807, 2.05) is 0 Å². The van der Waals surface area contributed by atoms with Crippen LogP contribution < -0.4 is 9.47 Å². The number of benzene rings is 1. The molecule has 1 aliphatic rings. The van der Waals surface area contributed by atoms with Crippen LogP contribution in [0.3, 0.4) is 0 Å². The molecule has 2 rings (SSSR count). The summed E-state index contributed by atoms with van der Waals surface area (Å²) in [6, 6.07) is 5.08. The lowest BCUT2D eigenvalue weighted by Gasteiger charge is -2.15. The monoisotopic (exact) mass is 316 g/mol. The van der Waals surface area contributed by atoms with Gasteiger partial charge in [-0.05, 0) is 30.7 Å². The van der Waals surface area contributed by atoms with Crippen LogP contribution in [0.1, 0.15) is 12.5 Å². The third kappa shape index (κ3) is 3.66. The zero-order valence-corrected chi connectivity index (χ0v) is 13.0. The Bertz CT molecular complexity index is 714. The van der Waals surface area contributed by atoms with Gasteiger partial charge in [-0.3, -0.25) is 14.4 Å². The van der Waals surface area contributed by atoms with Crippen LogP contribution in [-0.2, 0) is 19.1 Å². The van der Waals surface area contributed by atoms with Crippen LogP contribution in [-0.4, -0.2) is 31.8 Å². The zero-order valence-electron chi connectivity index (χ0n) is 13.0. The molecule has 1 aliphatic heterocycles. The van der Waals surface area contributed by atoms with Crippen LogP contribution in [0.15, 0.2) is 36.1 Å². The Kier molecular flexibility index (Phi) is 4.95. The second kappa shape index (κ2) is 6.91. The summed E-state index contributed by atoms with van der Waals surface area (Å²) in [6.45, 7) is 1.48. The maximum Gasteiger partial charge on any atom is 0.329 e. The van der Waals surface area contributed by atoms with Crippen LogP contribution in [0.2, 0.25) is 0 Å². The molecule has 0 amide bonds. The second-order valence-electron chi connectivity index (χ2n) is 4.86. The lowest BCUT2D eigenvalue weighted by Crippen LogP contribution is -2.34. The first-order valence-electron chi connectivity index (χ1n) is 6.84. The average Bonchev–Trinajstić information content (AvgIpc) is 2.51. The summed E-state index contributed by atoms with van der Waals surface area (Å²) in [4.78, 5) is 35.5. The van der Waals surface area contributed by atoms with E-state index in [0.717, 1.165) is 6.08 Å². The number of hydrogen-bond acceptors (Lipinski definition) is 6. The lowest BCUT2D eigenvalue weighted by molar-refractivity contribution is -0.151. The minimum absolute atomic E-state index is 0.188. The molecule has 0 aromatic heterocycles. The molecule has 0 radical (unpaired) electrons. The van der Waals surface area contributed by atoms with Crippen molar-refractivity contribution >= 4 is 23.6 Å². The Morgan fingerprint density at radius 3 is 2.48 bits per heavy atom. The number of ether oxygens (including phenoxy) is 3. The van der Waals surface area contributed by atoms with E-state index in [1.54, 1.807) is 18.2 Å². The Morgan fingerprint density at radius 1 is 1.17 bits per heavy atom. The normalized spacial score (nSPS) is 17.7. The first-order chi connectivity index (χ1) is 11.0. The first-order valence-corrected chi connectivity index (χ1v) is 6.84. The van der Waals surface area contributed by atoms with Crippen molar-refractivity contribution in [3.63, 3.8) is 0 Å². The SMILES string of the molecule is COc1ccc(C=CC(=O)C2C(=O)C=C(C)OC2=O)cc1OC. The van der Waals surface area contributed by atoms with Crippen molar-refractivity contribution in [1.82, 2.24) is 0 Å². The minimum atomic E-state index is -1.44. The summed E-state index contributed by atoms with van der Waals surface area (Å²) in [5.74, 6) is -2.23. The van der Waals surface area contributed by atoms with Gasteiger partial charge >= 0.3 is 5.97 Å². The fraction of sp³-hybridized carbons (Fsp3) is 0.235. The van der Waals surface area contributed by atoms with Crippen molar-refractivity contribution in [2.24, 2.45) is 5.92 Å². The molecular weight excluding hydrogens is 300 g/mol. The van der Waals surface area contributed by atoms with Crippen LogP contribution in [0, 0.1) is 5.92 Å². The molecule has 6 nitrogen and oxygen atoms in total. The lowest BCUT2D eigenvalue weighted by atomic mass is 9.96. The number of hydrogen-bond donors (Lipinski definition) is 0. The van der Waals surface area contributed by atoms with Gasteiger partial charge in [-0.2, -0.15) is 0 Å². The molecule has 0 fully saturated rings. The smallest absolute Gasteiger partial charge is 0.329 e. The molecule has 0 bridgehead atoms. The van der Waals surface area contributed by atoms with E-state index in [2.05, 4.69) is 0 Å². The van der Waals surface area contributed by atoms with Crippen molar-refractivity contribution in [3.05, 3.63) is 41.7 Å². The van der Waals surface area contributed by atoms with E-state index in [0.29, 0.717) is 17.1 Å². The molecule has 1 atom stereocenters. The summed E-state index contributed by atoms with van der Waals surface area (Å²) in [7, 11) is 3.02. The van der Waals surface area contributed by atoms with Gasteiger partial charge in [0.25, 0.3) is 0 Å². The quantitative estimate of drug-likeness (QED) is 0.469. The zero-order chi connectivity index (χ0) is 17.0. The number of carbonyl (C=O) groups is 3. The van der Waals surface area contributed by atoms with Gasteiger partial charge in [0.1, 0.15) is 5.76 Å². The molecule has 0 aliphatic carbocycles. The van der Waals surface area contributed by atoms with Crippen LogP contribution in [0.5, 0.6) is 11.5 Å². The molecule has 1 heterocycles. The average molecular weight is 316 g/mol. The highest BCUT2D eigenvalue weighted by Crippen LogP contribution is 2.28. The summed E-state index contributed by atoms with van der Waals surface area (Å²) >= 11 is 0. The van der Waals surface area contributed by atoms with Gasteiger partial charge in [-0.25, -0.2) is 0 Å². The van der Waals surface area contributed by atoms with E-state index in [4.69, 9.17) is 14.2 Å². The van der Waals surface area contributed by atoms with Crippen molar-refractivity contribution in [3.8, 4) is 11.5 Å². The fourth-order valence-corrected chi connectivity index (χ4v) is 2.13. The molecule has 120 valence electrons. The van der Waals surface area contributed by atoms with E-state index >= 15 is 0 Å². The Morgan fingerprint density at radius 2 is 1.87 bits per heavy atom. The fourth-order valence-electron chi connectivity index (χ4n) is 2.13. The molecule has 1 aromatic rings. The van der Waals surface area contributed by atoms with Gasteiger partial charge in [0, 0.05) is 6.08 Å². The third-order valence-corrected chi connectivity index (χ3v) is 3.26. The molecule has 1 unspecified atom stereocenters. The molecule has 0 N–H and O–H groups in total. The van der Waals surface area contributed by atoms with Gasteiger partial charge in [-0.15, -0.1) is 0 Å². The van der Waals surface area contributed by atoms with E-state index < -0.39 is 23.5 Å². The predicted octanol–water partition coefficient (Wildman–Crippen LogP) is 1.93. The van der Waals surface area contributed by atoms with Gasteiger partial charge in [-0.1, -0.05) is 12.1 Å². The minimum Gasteiger partial charge on any atom is -0.493 e. The van der Waals surface area contributed by atoms with Crippen LogP contribution in [0.25, 0.3) is 6.08 Å². The molecular formula is C17H16O6. The number of esters is 1. The Labute approximate surface area is 133 Å². The predicted molar refractivity (Wildman–Crippen MR) is 81.9 cm³/mol. The number of ketones is 2. The summed E-state index contributed by atoms with van der Waals surface area (Å²) < 4.78 is 15.1. The van der Waals surface area contributed by atoms with E-state index in [9.17, 15) is 14.4 Å². The Balaban J connectivity index is 2.18. The van der Waals surface area contributed by atoms with Crippen molar-refractivity contribution in [1.29, 1.82) is 0 Å². The topological polar surface area (TPSA) is 78.9 Å². The van der Waals surface area contributed by atoms with Gasteiger partial charge in [0.2, 0.25) is 0 Å². The summed E-state index contributed by atoms with van der Waals surface area (Å²) in [5.41, 5.74) is 0.666. The largest absolute Gasteiger partial charge is 0.493 e. The number of carbonyl (C=O) groups excluding carboxylic acids is 3. The van der Waals surface area contributed by atoms with Gasteiger partial charge in [0.15, 0.2) is 29.0 Å². The van der Waals surface area contributed by atoms with E-state index in [-0.39, 0.29) is 5.76 Å².